The average Bonchev–Trinajstić information content (AvgIpc) is 2.61. The number of hydrogen-bond acceptors (Lipinski definition) is 4. The van der Waals surface area contributed by atoms with E-state index in [1.807, 2.05) is 24.3 Å². The van der Waals surface area contributed by atoms with Gasteiger partial charge in [-0.05, 0) is 42.3 Å². The van der Waals surface area contributed by atoms with Crippen LogP contribution in [0.15, 0.2) is 47.4 Å². The smallest absolute Gasteiger partial charge is 0.240 e. The largest absolute Gasteiger partial charge is 0.324 e. The molecule has 0 radical (unpaired) electrons. The maximum Gasteiger partial charge on any atom is 0.240 e. The number of carbonyl (C=O) groups is 1. The van der Waals surface area contributed by atoms with Gasteiger partial charge in [0.15, 0.2) is 0 Å². The predicted octanol–water partition coefficient (Wildman–Crippen LogP) is 1.95. The first kappa shape index (κ1) is 18.5. The molecule has 1 aliphatic heterocycles. The molecule has 3 rings (SSSR count). The molecule has 0 fully saturated rings. The van der Waals surface area contributed by atoms with E-state index in [9.17, 15) is 17.6 Å². The highest BCUT2D eigenvalue weighted by molar-refractivity contribution is 7.89. The van der Waals surface area contributed by atoms with Gasteiger partial charge in [-0.1, -0.05) is 24.3 Å². The van der Waals surface area contributed by atoms with E-state index in [1.54, 1.807) is 0 Å². The van der Waals surface area contributed by atoms with Crippen LogP contribution in [0.3, 0.4) is 0 Å². The van der Waals surface area contributed by atoms with Crippen molar-refractivity contribution in [3.63, 3.8) is 0 Å². The number of amides is 1. The molecule has 1 unspecified atom stereocenters. The van der Waals surface area contributed by atoms with Crippen LogP contribution in [0.5, 0.6) is 0 Å². The molecule has 1 heterocycles. The van der Waals surface area contributed by atoms with Crippen LogP contribution >= 0.6 is 0 Å². The molecular formula is C18H20FN3O3S. The maximum atomic E-state index is 13.7. The molecule has 0 aliphatic carbocycles. The van der Waals surface area contributed by atoms with E-state index < -0.39 is 21.7 Å². The summed E-state index contributed by atoms with van der Waals surface area (Å²) in [5.41, 5.74) is 2.10. The van der Waals surface area contributed by atoms with E-state index in [4.69, 9.17) is 0 Å². The molecule has 0 bridgehead atoms. The lowest BCUT2D eigenvalue weighted by molar-refractivity contribution is -0.114. The zero-order valence-corrected chi connectivity index (χ0v) is 15.1. The number of fused-ring (bicyclic) bond motifs is 1. The maximum absolute atomic E-state index is 13.7. The first-order chi connectivity index (χ1) is 12.4. The number of halogens is 1. The Morgan fingerprint density at radius 2 is 2.04 bits per heavy atom. The van der Waals surface area contributed by atoms with Gasteiger partial charge in [0, 0.05) is 19.5 Å². The van der Waals surface area contributed by atoms with Crippen LogP contribution in [0.25, 0.3) is 0 Å². The van der Waals surface area contributed by atoms with Crippen molar-refractivity contribution in [3.05, 3.63) is 59.4 Å². The van der Waals surface area contributed by atoms with Crippen molar-refractivity contribution in [1.29, 1.82) is 0 Å². The molecule has 8 heteroatoms. The minimum Gasteiger partial charge on any atom is -0.324 e. The summed E-state index contributed by atoms with van der Waals surface area (Å²) in [6.07, 6.45) is 0.900. The molecule has 3 N–H and O–H groups in total. The van der Waals surface area contributed by atoms with E-state index in [2.05, 4.69) is 15.4 Å². The number of hydrogen-bond donors (Lipinski definition) is 3. The Bertz CT molecular complexity index is 931. The monoisotopic (exact) mass is 377 g/mol. The fourth-order valence-electron chi connectivity index (χ4n) is 3.01. The van der Waals surface area contributed by atoms with Crippen molar-refractivity contribution >= 4 is 21.6 Å². The molecule has 0 spiro atoms. The number of sulfonamides is 1. The van der Waals surface area contributed by atoms with E-state index in [0.29, 0.717) is 0 Å². The summed E-state index contributed by atoms with van der Waals surface area (Å²) in [7, 11) is -3.85. The number of benzene rings is 2. The first-order valence-electron chi connectivity index (χ1n) is 8.25. The van der Waals surface area contributed by atoms with E-state index in [1.165, 1.54) is 18.6 Å². The molecule has 1 atom stereocenters. The van der Waals surface area contributed by atoms with Crippen molar-refractivity contribution < 1.29 is 17.6 Å². The van der Waals surface area contributed by atoms with Gasteiger partial charge in [0.2, 0.25) is 15.9 Å². The summed E-state index contributed by atoms with van der Waals surface area (Å²) in [5, 5.41) is 5.59. The minimum absolute atomic E-state index is 0.105. The highest BCUT2D eigenvalue weighted by Crippen LogP contribution is 2.23. The van der Waals surface area contributed by atoms with Crippen LogP contribution in [-0.4, -0.2) is 27.4 Å². The highest BCUT2D eigenvalue weighted by atomic mass is 32.2. The SMILES string of the molecule is CC(=O)Nc1cc(S(=O)(=O)NCC2NCCc3ccccc32)ccc1F. The summed E-state index contributed by atoms with van der Waals surface area (Å²) in [6.45, 7) is 2.17. The van der Waals surface area contributed by atoms with Crippen LogP contribution in [0.2, 0.25) is 0 Å². The van der Waals surface area contributed by atoms with Crippen molar-refractivity contribution in [2.45, 2.75) is 24.3 Å². The zero-order chi connectivity index (χ0) is 18.7. The number of carbonyl (C=O) groups excluding carboxylic acids is 1. The number of rotatable bonds is 5. The summed E-state index contributed by atoms with van der Waals surface area (Å²) < 4.78 is 41.4. The van der Waals surface area contributed by atoms with Crippen molar-refractivity contribution in [3.8, 4) is 0 Å². The van der Waals surface area contributed by atoms with Gasteiger partial charge in [0.25, 0.3) is 0 Å². The lowest BCUT2D eigenvalue weighted by Gasteiger charge is -2.27. The second-order valence-corrected chi connectivity index (χ2v) is 7.90. The Kier molecular flexibility index (Phi) is 5.36. The Morgan fingerprint density at radius 3 is 2.81 bits per heavy atom. The molecule has 1 aliphatic rings. The highest BCUT2D eigenvalue weighted by Gasteiger charge is 2.23. The Hall–Kier alpha value is -2.29. The van der Waals surface area contributed by atoms with Crippen molar-refractivity contribution in [2.24, 2.45) is 0 Å². The summed E-state index contributed by atoms with van der Waals surface area (Å²) >= 11 is 0. The standard InChI is InChI=1S/C18H20FN3O3S/c1-12(23)22-17-10-14(6-7-16(17)19)26(24,25)21-11-18-15-5-3-2-4-13(15)8-9-20-18/h2-7,10,18,20-21H,8-9,11H2,1H3,(H,22,23). The molecule has 6 nitrogen and oxygen atoms in total. The number of nitrogens with one attached hydrogen (secondary N) is 3. The van der Waals surface area contributed by atoms with Crippen molar-refractivity contribution in [2.75, 3.05) is 18.4 Å². The Balaban J connectivity index is 1.77. The topological polar surface area (TPSA) is 87.3 Å². The second-order valence-electron chi connectivity index (χ2n) is 6.13. The van der Waals surface area contributed by atoms with Gasteiger partial charge in [-0.15, -0.1) is 0 Å². The molecule has 138 valence electrons. The van der Waals surface area contributed by atoms with E-state index >= 15 is 0 Å². The van der Waals surface area contributed by atoms with Crippen molar-refractivity contribution in [1.82, 2.24) is 10.0 Å². The van der Waals surface area contributed by atoms with E-state index in [0.717, 1.165) is 30.7 Å². The molecule has 0 saturated carbocycles. The Morgan fingerprint density at radius 1 is 1.27 bits per heavy atom. The summed E-state index contributed by atoms with van der Waals surface area (Å²) in [6, 6.07) is 11.1. The lowest BCUT2D eigenvalue weighted by Crippen LogP contribution is -2.38. The van der Waals surface area contributed by atoms with Crippen LogP contribution < -0.4 is 15.4 Å². The first-order valence-corrected chi connectivity index (χ1v) is 9.73. The third-order valence-corrected chi connectivity index (χ3v) is 5.67. The molecule has 2 aromatic carbocycles. The summed E-state index contributed by atoms with van der Waals surface area (Å²) in [4.78, 5) is 11.0. The van der Waals surface area contributed by atoms with Crippen LogP contribution in [0, 0.1) is 5.82 Å². The van der Waals surface area contributed by atoms with Crippen LogP contribution in [-0.2, 0) is 21.2 Å². The fourth-order valence-corrected chi connectivity index (χ4v) is 4.08. The van der Waals surface area contributed by atoms with Gasteiger partial charge in [-0.25, -0.2) is 17.5 Å². The molecule has 0 saturated heterocycles. The van der Waals surface area contributed by atoms with Crippen LogP contribution in [0.4, 0.5) is 10.1 Å². The van der Waals surface area contributed by atoms with Gasteiger partial charge in [-0.2, -0.15) is 0 Å². The van der Waals surface area contributed by atoms with Crippen LogP contribution in [0.1, 0.15) is 24.1 Å². The normalized spacial score (nSPS) is 16.8. The number of anilines is 1. The minimum atomic E-state index is -3.85. The van der Waals surface area contributed by atoms with Gasteiger partial charge < -0.3 is 10.6 Å². The predicted molar refractivity (Wildman–Crippen MR) is 96.8 cm³/mol. The zero-order valence-electron chi connectivity index (χ0n) is 14.3. The lowest BCUT2D eigenvalue weighted by atomic mass is 9.95. The molecule has 1 amide bonds. The average molecular weight is 377 g/mol. The molecule has 0 aromatic heterocycles. The molecule has 2 aromatic rings. The molecular weight excluding hydrogens is 357 g/mol. The van der Waals surface area contributed by atoms with E-state index in [-0.39, 0.29) is 23.2 Å². The third-order valence-electron chi connectivity index (χ3n) is 4.25. The quantitative estimate of drug-likeness (QED) is 0.743. The van der Waals surface area contributed by atoms with Gasteiger partial charge >= 0.3 is 0 Å². The third kappa shape index (κ3) is 4.09. The molecule has 26 heavy (non-hydrogen) atoms. The van der Waals surface area contributed by atoms with Gasteiger partial charge in [-0.3, -0.25) is 4.79 Å². The summed E-state index contributed by atoms with van der Waals surface area (Å²) in [5.74, 6) is -1.17. The second kappa shape index (κ2) is 7.53. The Labute approximate surface area is 151 Å². The fraction of sp³-hybridized carbons (Fsp3) is 0.278. The van der Waals surface area contributed by atoms with Gasteiger partial charge in [0.05, 0.1) is 10.6 Å². The van der Waals surface area contributed by atoms with Gasteiger partial charge in [0.1, 0.15) is 5.82 Å².